The van der Waals surface area contributed by atoms with Crippen molar-refractivity contribution in [2.75, 3.05) is 6.54 Å². The quantitative estimate of drug-likeness (QED) is 0.424. The average molecular weight is 507 g/mol. The van der Waals surface area contributed by atoms with E-state index < -0.39 is 6.61 Å². The number of nitrogens with zero attached hydrogens (tertiary/aromatic N) is 5. The monoisotopic (exact) mass is 506 g/mol. The van der Waals surface area contributed by atoms with Gasteiger partial charge < -0.3 is 24.5 Å². The number of hydrogen-bond acceptors (Lipinski definition) is 5. The van der Waals surface area contributed by atoms with Gasteiger partial charge in [0.1, 0.15) is 5.65 Å². The number of alkyl halides is 2. The van der Waals surface area contributed by atoms with Gasteiger partial charge in [0.25, 0.3) is 5.91 Å². The summed E-state index contributed by atoms with van der Waals surface area (Å²) < 4.78 is 34.3. The molecule has 8 nitrogen and oxygen atoms in total. The number of rotatable bonds is 6. The molecule has 1 aromatic carbocycles. The topological polar surface area (TPSA) is 91.2 Å². The number of likely N-dealkylation sites (tertiary alicyclic amines) is 1. The zero-order chi connectivity index (χ0) is 25.4. The fraction of sp³-hybridized carbons (Fsp3) is 0.444. The minimum Gasteiger partial charge on any atom is -0.417 e. The van der Waals surface area contributed by atoms with Crippen molar-refractivity contribution in [2.24, 2.45) is 24.6 Å². The summed E-state index contributed by atoms with van der Waals surface area (Å²) >= 11 is 0. The Morgan fingerprint density at radius 2 is 1.97 bits per heavy atom. The lowest BCUT2D eigenvalue weighted by Gasteiger charge is -2.27. The summed E-state index contributed by atoms with van der Waals surface area (Å²) in [5, 5.41) is 0.834. The summed E-state index contributed by atoms with van der Waals surface area (Å²) in [5.41, 5.74) is 10.0. The highest BCUT2D eigenvalue weighted by molar-refractivity contribution is 5.98. The van der Waals surface area contributed by atoms with E-state index in [0.29, 0.717) is 23.0 Å². The van der Waals surface area contributed by atoms with Gasteiger partial charge in [0.2, 0.25) is 5.88 Å². The second-order valence-electron chi connectivity index (χ2n) is 10.7. The number of carbonyl (C=O) groups is 1. The molecule has 7 rings (SSSR count). The molecule has 1 saturated heterocycles. The maximum atomic E-state index is 13.4. The van der Waals surface area contributed by atoms with Crippen LogP contribution in [0.15, 0.2) is 36.4 Å². The lowest BCUT2D eigenvalue weighted by atomic mass is 10.1. The summed E-state index contributed by atoms with van der Waals surface area (Å²) in [6, 6.07) is 11.1. The number of amides is 1. The molecule has 0 radical (unpaired) electrons. The predicted octanol–water partition coefficient (Wildman–Crippen LogP) is 4.16. The summed E-state index contributed by atoms with van der Waals surface area (Å²) in [5.74, 6) is 1.56. The SMILES string of the molecule is Cn1c(-c2cc3ccc(OC(F)F)nc3n2CC2CC2)nc2cc(C(=O)N3C[C@H]4CCC3C4N)ccc21. The van der Waals surface area contributed by atoms with Crippen LogP contribution in [0.3, 0.4) is 0 Å². The average Bonchev–Trinajstić information content (AvgIpc) is 3.30. The maximum Gasteiger partial charge on any atom is 0.388 e. The first kappa shape index (κ1) is 22.7. The maximum absolute atomic E-state index is 13.4. The van der Waals surface area contributed by atoms with Crippen LogP contribution in [0.5, 0.6) is 5.88 Å². The van der Waals surface area contributed by atoms with E-state index in [2.05, 4.69) is 14.3 Å². The lowest BCUT2D eigenvalue weighted by molar-refractivity contribution is -0.0526. The first-order valence-corrected chi connectivity index (χ1v) is 12.9. The van der Waals surface area contributed by atoms with Gasteiger partial charge in [-0.1, -0.05) is 0 Å². The van der Waals surface area contributed by atoms with Gasteiger partial charge in [0.05, 0.1) is 16.7 Å². The Balaban J connectivity index is 1.28. The molecule has 3 fully saturated rings. The summed E-state index contributed by atoms with van der Waals surface area (Å²) in [6.45, 7) is -1.48. The number of ether oxygens (including phenoxy) is 1. The van der Waals surface area contributed by atoms with Gasteiger partial charge in [-0.25, -0.2) is 4.98 Å². The van der Waals surface area contributed by atoms with Crippen molar-refractivity contribution in [2.45, 2.75) is 50.9 Å². The number of halogens is 2. The molecule has 3 aromatic heterocycles. The molecule has 2 saturated carbocycles. The van der Waals surface area contributed by atoms with Crippen LogP contribution in [0.4, 0.5) is 8.78 Å². The van der Waals surface area contributed by atoms with Crippen LogP contribution < -0.4 is 10.5 Å². The van der Waals surface area contributed by atoms with Gasteiger partial charge in [-0.05, 0) is 67.9 Å². The molecule has 1 aliphatic heterocycles. The van der Waals surface area contributed by atoms with Gasteiger partial charge in [-0.15, -0.1) is 0 Å². The number of pyridine rings is 1. The number of aryl methyl sites for hydroxylation is 1. The Hall–Kier alpha value is -3.53. The molecule has 4 aromatic rings. The molecule has 2 unspecified atom stereocenters. The van der Waals surface area contributed by atoms with E-state index in [1.54, 1.807) is 6.07 Å². The summed E-state index contributed by atoms with van der Waals surface area (Å²) in [4.78, 5) is 24.6. The van der Waals surface area contributed by atoms with Crippen molar-refractivity contribution < 1.29 is 18.3 Å². The van der Waals surface area contributed by atoms with Crippen LogP contribution in [0.25, 0.3) is 33.6 Å². The number of imidazole rings is 1. The molecular formula is C27H28F2N6O2. The Bertz CT molecular complexity index is 1540. The number of benzene rings is 1. The lowest BCUT2D eigenvalue weighted by Crippen LogP contribution is -2.41. The van der Waals surface area contributed by atoms with Gasteiger partial charge in [-0.2, -0.15) is 13.8 Å². The highest BCUT2D eigenvalue weighted by Crippen LogP contribution is 2.39. The van der Waals surface area contributed by atoms with Crippen molar-refractivity contribution in [3.63, 3.8) is 0 Å². The first-order valence-electron chi connectivity index (χ1n) is 12.9. The standard InChI is InChI=1S/C27H28F2N6O2/c1-33-19-7-4-16(26(36)35-13-17-5-8-20(35)23(17)30)10-18(19)31-25(33)21-11-15-6-9-22(37-27(28)29)32-24(15)34(21)12-14-2-3-14/h4,6-7,9-11,14,17,20,23,27H,2-3,5,8,12-13,30H2,1H3/t17-,20?,23?/m1/s1. The molecular weight excluding hydrogens is 478 g/mol. The number of carbonyl (C=O) groups excluding carboxylic acids is 1. The van der Waals surface area contributed by atoms with E-state index in [4.69, 9.17) is 10.7 Å². The molecule has 37 heavy (non-hydrogen) atoms. The van der Waals surface area contributed by atoms with Gasteiger partial charge in [0, 0.05) is 49.2 Å². The van der Waals surface area contributed by atoms with E-state index in [0.717, 1.165) is 66.7 Å². The molecule has 0 spiro atoms. The fourth-order valence-corrected chi connectivity index (χ4v) is 6.21. The van der Waals surface area contributed by atoms with Crippen LogP contribution in [-0.4, -0.2) is 55.1 Å². The van der Waals surface area contributed by atoms with Crippen LogP contribution in [0.1, 0.15) is 36.0 Å². The highest BCUT2D eigenvalue weighted by Gasteiger charge is 2.46. The Morgan fingerprint density at radius 3 is 2.68 bits per heavy atom. The van der Waals surface area contributed by atoms with Crippen LogP contribution in [0.2, 0.25) is 0 Å². The minimum atomic E-state index is -2.93. The minimum absolute atomic E-state index is 0.00959. The van der Waals surface area contributed by atoms with Crippen LogP contribution in [-0.2, 0) is 13.6 Å². The zero-order valence-corrected chi connectivity index (χ0v) is 20.5. The van der Waals surface area contributed by atoms with E-state index in [1.807, 2.05) is 40.8 Å². The van der Waals surface area contributed by atoms with E-state index in [9.17, 15) is 13.6 Å². The Morgan fingerprint density at radius 1 is 1.14 bits per heavy atom. The Labute approximate surface area is 212 Å². The number of hydrogen-bond donors (Lipinski definition) is 1. The second kappa shape index (κ2) is 8.24. The van der Waals surface area contributed by atoms with Gasteiger partial charge in [0.15, 0.2) is 5.82 Å². The second-order valence-corrected chi connectivity index (χ2v) is 10.7. The molecule has 192 valence electrons. The van der Waals surface area contributed by atoms with Crippen molar-refractivity contribution in [1.82, 2.24) is 24.0 Å². The molecule has 2 N–H and O–H groups in total. The third kappa shape index (κ3) is 3.68. The van der Waals surface area contributed by atoms with Crippen molar-refractivity contribution in [3.05, 3.63) is 42.0 Å². The molecule has 2 aliphatic carbocycles. The Kier molecular flexibility index (Phi) is 5.04. The van der Waals surface area contributed by atoms with Crippen LogP contribution >= 0.6 is 0 Å². The molecule has 3 atom stereocenters. The van der Waals surface area contributed by atoms with Crippen molar-refractivity contribution in [1.29, 1.82) is 0 Å². The normalized spacial score (nSPS) is 23.2. The first-order chi connectivity index (χ1) is 17.9. The third-order valence-electron chi connectivity index (χ3n) is 8.34. The van der Waals surface area contributed by atoms with Crippen molar-refractivity contribution >= 4 is 28.0 Å². The largest absolute Gasteiger partial charge is 0.417 e. The van der Waals surface area contributed by atoms with Gasteiger partial charge in [-0.3, -0.25) is 4.79 Å². The van der Waals surface area contributed by atoms with Gasteiger partial charge >= 0.3 is 6.61 Å². The predicted molar refractivity (Wildman–Crippen MR) is 134 cm³/mol. The summed E-state index contributed by atoms with van der Waals surface area (Å²) in [6.07, 6.45) is 4.32. The zero-order valence-electron chi connectivity index (χ0n) is 20.5. The molecule has 3 aliphatic rings. The fourth-order valence-electron chi connectivity index (χ4n) is 6.21. The van der Waals surface area contributed by atoms with E-state index in [1.165, 1.54) is 6.07 Å². The van der Waals surface area contributed by atoms with E-state index in [-0.39, 0.29) is 23.9 Å². The van der Waals surface area contributed by atoms with Crippen molar-refractivity contribution in [3.8, 4) is 17.4 Å². The molecule has 4 heterocycles. The highest BCUT2D eigenvalue weighted by atomic mass is 19.3. The van der Waals surface area contributed by atoms with Crippen LogP contribution in [0, 0.1) is 11.8 Å². The number of fused-ring (bicyclic) bond motifs is 4. The van der Waals surface area contributed by atoms with E-state index >= 15 is 0 Å². The molecule has 10 heteroatoms. The third-order valence-corrected chi connectivity index (χ3v) is 8.34. The molecule has 1 amide bonds. The number of nitrogens with two attached hydrogens (primary N) is 1. The molecule has 2 bridgehead atoms. The number of piperidine rings is 1. The number of aromatic nitrogens is 4. The smallest absolute Gasteiger partial charge is 0.388 e. The summed E-state index contributed by atoms with van der Waals surface area (Å²) in [7, 11) is 1.95.